The van der Waals surface area contributed by atoms with Gasteiger partial charge in [-0.05, 0) is 40.2 Å². The first kappa shape index (κ1) is 13.2. The van der Waals surface area contributed by atoms with E-state index in [4.69, 9.17) is 10.6 Å². The Morgan fingerprint density at radius 1 is 1.26 bits per heavy atom. The first-order valence-electron chi connectivity index (χ1n) is 5.38. The van der Waals surface area contributed by atoms with E-state index in [0.717, 1.165) is 0 Å². The van der Waals surface area contributed by atoms with Crippen molar-refractivity contribution in [3.05, 3.63) is 64.4 Å². The van der Waals surface area contributed by atoms with Crippen LogP contribution in [0.3, 0.4) is 0 Å². The van der Waals surface area contributed by atoms with Crippen molar-refractivity contribution in [1.82, 2.24) is 4.98 Å². The quantitative estimate of drug-likeness (QED) is 0.407. The standard InChI is InChI=1S/C13H10BrN3O2/c14-11-6-2-1-5-10(11)13(18)19-17-12(15)9-4-3-7-16-8-9/h1-8H,(H2,15,17). The zero-order valence-corrected chi connectivity index (χ0v) is 11.4. The Hall–Kier alpha value is -2.21. The largest absolute Gasteiger partial charge is 0.380 e. The number of nitrogens with two attached hydrogens (primary N) is 1. The number of hydrogen-bond donors (Lipinski definition) is 1. The molecule has 0 unspecified atom stereocenters. The molecule has 0 aliphatic heterocycles. The van der Waals surface area contributed by atoms with Gasteiger partial charge in [0.1, 0.15) is 0 Å². The number of rotatable bonds is 3. The molecule has 1 heterocycles. The molecule has 0 aliphatic rings. The van der Waals surface area contributed by atoms with Gasteiger partial charge in [0.2, 0.25) is 0 Å². The molecule has 19 heavy (non-hydrogen) atoms. The molecule has 0 spiro atoms. The van der Waals surface area contributed by atoms with Crippen LogP contribution in [0, 0.1) is 0 Å². The van der Waals surface area contributed by atoms with E-state index in [9.17, 15) is 4.79 Å². The Kier molecular flexibility index (Phi) is 4.25. The van der Waals surface area contributed by atoms with Crippen molar-refractivity contribution in [3.8, 4) is 0 Å². The van der Waals surface area contributed by atoms with E-state index >= 15 is 0 Å². The van der Waals surface area contributed by atoms with Gasteiger partial charge in [0.25, 0.3) is 0 Å². The lowest BCUT2D eigenvalue weighted by Crippen LogP contribution is -2.15. The molecule has 0 saturated carbocycles. The van der Waals surface area contributed by atoms with E-state index in [1.54, 1.807) is 42.6 Å². The number of nitrogens with zero attached hydrogens (tertiary/aromatic N) is 2. The van der Waals surface area contributed by atoms with E-state index in [1.807, 2.05) is 0 Å². The fourth-order valence-electron chi connectivity index (χ4n) is 1.33. The van der Waals surface area contributed by atoms with Gasteiger partial charge in [-0.3, -0.25) is 4.98 Å². The number of benzene rings is 1. The Balaban J connectivity index is 2.11. The normalized spacial score (nSPS) is 11.1. The molecule has 1 aromatic carbocycles. The molecule has 0 radical (unpaired) electrons. The number of halogens is 1. The van der Waals surface area contributed by atoms with Gasteiger partial charge < -0.3 is 10.6 Å². The molecule has 0 bridgehead atoms. The predicted molar refractivity (Wildman–Crippen MR) is 74.5 cm³/mol. The van der Waals surface area contributed by atoms with Crippen molar-refractivity contribution in [2.75, 3.05) is 0 Å². The number of carbonyl (C=O) groups excluding carboxylic acids is 1. The summed E-state index contributed by atoms with van der Waals surface area (Å²) in [5.41, 5.74) is 6.65. The Bertz CT molecular complexity index is 614. The maximum absolute atomic E-state index is 11.8. The molecule has 0 atom stereocenters. The highest BCUT2D eigenvalue weighted by Gasteiger charge is 2.11. The number of aromatic nitrogens is 1. The number of oxime groups is 1. The molecule has 0 fully saturated rings. The summed E-state index contributed by atoms with van der Waals surface area (Å²) in [7, 11) is 0. The third-order valence-electron chi connectivity index (χ3n) is 2.28. The second-order valence-corrected chi connectivity index (χ2v) is 4.43. The molecule has 0 saturated heterocycles. The highest BCUT2D eigenvalue weighted by atomic mass is 79.9. The van der Waals surface area contributed by atoms with Crippen LogP contribution in [-0.4, -0.2) is 16.8 Å². The van der Waals surface area contributed by atoms with Gasteiger partial charge in [-0.25, -0.2) is 4.79 Å². The third kappa shape index (κ3) is 3.38. The average molecular weight is 320 g/mol. The first-order valence-corrected chi connectivity index (χ1v) is 6.17. The molecular formula is C13H10BrN3O2. The number of pyridine rings is 1. The van der Waals surface area contributed by atoms with Crippen molar-refractivity contribution in [1.29, 1.82) is 0 Å². The van der Waals surface area contributed by atoms with Crippen LogP contribution in [0.25, 0.3) is 0 Å². The predicted octanol–water partition coefficient (Wildman–Crippen LogP) is 2.32. The van der Waals surface area contributed by atoms with Gasteiger partial charge >= 0.3 is 5.97 Å². The Labute approximate surface area is 118 Å². The topological polar surface area (TPSA) is 77.6 Å². The molecule has 96 valence electrons. The van der Waals surface area contributed by atoms with Crippen molar-refractivity contribution in [2.45, 2.75) is 0 Å². The molecule has 5 nitrogen and oxygen atoms in total. The highest BCUT2D eigenvalue weighted by molar-refractivity contribution is 9.10. The highest BCUT2D eigenvalue weighted by Crippen LogP contribution is 2.16. The summed E-state index contributed by atoms with van der Waals surface area (Å²) in [5, 5.41) is 3.60. The van der Waals surface area contributed by atoms with Gasteiger partial charge in [0.15, 0.2) is 5.84 Å². The zero-order valence-electron chi connectivity index (χ0n) is 9.79. The van der Waals surface area contributed by atoms with Crippen molar-refractivity contribution in [2.24, 2.45) is 10.9 Å². The second kappa shape index (κ2) is 6.10. The zero-order chi connectivity index (χ0) is 13.7. The molecule has 6 heteroatoms. The number of hydrogen-bond acceptors (Lipinski definition) is 4. The second-order valence-electron chi connectivity index (χ2n) is 3.58. The van der Waals surface area contributed by atoms with E-state index in [2.05, 4.69) is 26.1 Å². The minimum Gasteiger partial charge on any atom is -0.380 e. The Morgan fingerprint density at radius 2 is 2.05 bits per heavy atom. The molecule has 2 N–H and O–H groups in total. The summed E-state index contributed by atoms with van der Waals surface area (Å²) in [4.78, 5) is 20.5. The molecular weight excluding hydrogens is 310 g/mol. The smallest absolute Gasteiger partial charge is 0.366 e. The van der Waals surface area contributed by atoms with Gasteiger partial charge in [-0.1, -0.05) is 17.3 Å². The molecule has 1 aromatic heterocycles. The van der Waals surface area contributed by atoms with Crippen LogP contribution in [0.1, 0.15) is 15.9 Å². The molecule has 0 aliphatic carbocycles. The lowest BCUT2D eigenvalue weighted by molar-refractivity contribution is 0.0515. The number of carbonyl (C=O) groups is 1. The van der Waals surface area contributed by atoms with Crippen LogP contribution in [0.15, 0.2) is 58.4 Å². The molecule has 2 aromatic rings. The molecule has 2 rings (SSSR count). The van der Waals surface area contributed by atoms with Crippen LogP contribution < -0.4 is 5.73 Å². The van der Waals surface area contributed by atoms with Crippen LogP contribution >= 0.6 is 15.9 Å². The summed E-state index contributed by atoms with van der Waals surface area (Å²) in [6.45, 7) is 0. The van der Waals surface area contributed by atoms with Gasteiger partial charge in [-0.15, -0.1) is 0 Å². The fourth-order valence-corrected chi connectivity index (χ4v) is 1.78. The van der Waals surface area contributed by atoms with Crippen LogP contribution in [0.5, 0.6) is 0 Å². The monoisotopic (exact) mass is 319 g/mol. The summed E-state index contributed by atoms with van der Waals surface area (Å²) in [5.74, 6) is -0.493. The maximum Gasteiger partial charge on any atom is 0.366 e. The summed E-state index contributed by atoms with van der Waals surface area (Å²) >= 11 is 3.26. The lowest BCUT2D eigenvalue weighted by atomic mass is 10.2. The van der Waals surface area contributed by atoms with Crippen molar-refractivity contribution < 1.29 is 9.63 Å². The Morgan fingerprint density at radius 3 is 2.74 bits per heavy atom. The van der Waals surface area contributed by atoms with Crippen molar-refractivity contribution in [3.63, 3.8) is 0 Å². The third-order valence-corrected chi connectivity index (χ3v) is 2.97. The van der Waals surface area contributed by atoms with E-state index in [1.165, 1.54) is 6.20 Å². The van der Waals surface area contributed by atoms with Crippen LogP contribution in [-0.2, 0) is 4.84 Å². The SMILES string of the molecule is NC(=NOC(=O)c1ccccc1Br)c1cccnc1. The summed E-state index contributed by atoms with van der Waals surface area (Å²) in [6.07, 6.45) is 3.15. The molecule has 0 amide bonds. The van der Waals surface area contributed by atoms with Crippen LogP contribution in [0.2, 0.25) is 0 Å². The van der Waals surface area contributed by atoms with Gasteiger partial charge in [0, 0.05) is 22.4 Å². The van der Waals surface area contributed by atoms with Crippen molar-refractivity contribution >= 4 is 27.7 Å². The van der Waals surface area contributed by atoms with Crippen LogP contribution in [0.4, 0.5) is 0 Å². The lowest BCUT2D eigenvalue weighted by Gasteiger charge is -2.02. The van der Waals surface area contributed by atoms with Gasteiger partial charge in [-0.2, -0.15) is 0 Å². The minimum absolute atomic E-state index is 0.0912. The van der Waals surface area contributed by atoms with E-state index < -0.39 is 5.97 Å². The van der Waals surface area contributed by atoms with E-state index in [-0.39, 0.29) is 5.84 Å². The number of amidine groups is 1. The minimum atomic E-state index is -0.584. The summed E-state index contributed by atoms with van der Waals surface area (Å²) in [6, 6.07) is 10.3. The average Bonchev–Trinajstić information content (AvgIpc) is 2.46. The maximum atomic E-state index is 11.8. The summed E-state index contributed by atoms with van der Waals surface area (Å²) < 4.78 is 0.634. The van der Waals surface area contributed by atoms with Gasteiger partial charge in [0.05, 0.1) is 5.56 Å². The first-order chi connectivity index (χ1) is 9.18. The fraction of sp³-hybridized carbons (Fsp3) is 0. The van der Waals surface area contributed by atoms with E-state index in [0.29, 0.717) is 15.6 Å².